The minimum absolute atomic E-state index is 0.149. The highest BCUT2D eigenvalue weighted by molar-refractivity contribution is 7.99. The molecule has 0 radical (unpaired) electrons. The Morgan fingerprint density at radius 3 is 3.05 bits per heavy atom. The highest BCUT2D eigenvalue weighted by atomic mass is 32.2. The molecule has 0 saturated heterocycles. The van der Waals surface area contributed by atoms with E-state index in [4.69, 9.17) is 0 Å². The van der Waals surface area contributed by atoms with E-state index in [1.54, 1.807) is 11.8 Å². The van der Waals surface area contributed by atoms with Crippen LogP contribution < -0.4 is 5.32 Å². The van der Waals surface area contributed by atoms with Crippen LogP contribution in [-0.4, -0.2) is 27.5 Å². The second kappa shape index (κ2) is 6.80. The standard InChI is InChI=1S/C16H19N3OS/c20-16(8-11-21-15-4-2-1-3-5-15)18-13-7-10-19-14(12-13)6-9-17-19/h1-6,9,13H,7-8,10-12H2,(H,18,20)/t13-/m1/s1. The van der Waals surface area contributed by atoms with Crippen molar-refractivity contribution in [3.05, 3.63) is 48.3 Å². The number of aromatic nitrogens is 2. The SMILES string of the molecule is O=C(CCSc1ccccc1)N[C@@H]1CCn2nccc2C1. The first-order valence-corrected chi connectivity index (χ1v) is 8.28. The molecule has 1 aliphatic rings. The number of benzene rings is 1. The van der Waals surface area contributed by atoms with E-state index in [-0.39, 0.29) is 11.9 Å². The minimum atomic E-state index is 0.149. The number of hydrogen-bond donors (Lipinski definition) is 1. The van der Waals surface area contributed by atoms with E-state index in [1.807, 2.05) is 35.1 Å². The average Bonchev–Trinajstić information content (AvgIpc) is 2.96. The molecule has 2 aromatic rings. The highest BCUT2D eigenvalue weighted by Crippen LogP contribution is 2.18. The van der Waals surface area contributed by atoms with Gasteiger partial charge in [0.05, 0.1) is 0 Å². The van der Waals surface area contributed by atoms with Crippen LogP contribution in [0.15, 0.2) is 47.5 Å². The number of fused-ring (bicyclic) bond motifs is 1. The molecule has 21 heavy (non-hydrogen) atoms. The van der Waals surface area contributed by atoms with Crippen LogP contribution in [-0.2, 0) is 17.8 Å². The van der Waals surface area contributed by atoms with Gasteiger partial charge in [0.25, 0.3) is 0 Å². The maximum Gasteiger partial charge on any atom is 0.221 e. The Kier molecular flexibility index (Phi) is 4.60. The lowest BCUT2D eigenvalue weighted by molar-refractivity contribution is -0.121. The number of carbonyl (C=O) groups is 1. The smallest absolute Gasteiger partial charge is 0.221 e. The molecule has 0 unspecified atom stereocenters. The molecule has 1 aromatic heterocycles. The number of carbonyl (C=O) groups excluding carboxylic acids is 1. The van der Waals surface area contributed by atoms with Crippen LogP contribution in [0.4, 0.5) is 0 Å². The Balaban J connectivity index is 1.41. The molecule has 4 nitrogen and oxygen atoms in total. The van der Waals surface area contributed by atoms with Crippen molar-refractivity contribution in [2.45, 2.75) is 36.7 Å². The third-order valence-corrected chi connectivity index (χ3v) is 4.67. The van der Waals surface area contributed by atoms with Gasteiger partial charge >= 0.3 is 0 Å². The van der Waals surface area contributed by atoms with Crippen LogP contribution in [0.3, 0.4) is 0 Å². The molecule has 0 aliphatic carbocycles. The quantitative estimate of drug-likeness (QED) is 0.863. The zero-order chi connectivity index (χ0) is 14.5. The lowest BCUT2D eigenvalue weighted by atomic mass is 10.0. The molecule has 5 heteroatoms. The summed E-state index contributed by atoms with van der Waals surface area (Å²) < 4.78 is 2.02. The minimum Gasteiger partial charge on any atom is -0.353 e. The Hall–Kier alpha value is -1.75. The van der Waals surface area contributed by atoms with Crippen molar-refractivity contribution in [1.82, 2.24) is 15.1 Å². The molecule has 0 bridgehead atoms. The fourth-order valence-electron chi connectivity index (χ4n) is 2.57. The summed E-state index contributed by atoms with van der Waals surface area (Å²) in [6, 6.07) is 12.5. The molecule has 1 N–H and O–H groups in total. The van der Waals surface area contributed by atoms with Crippen molar-refractivity contribution < 1.29 is 4.79 Å². The molecule has 1 atom stereocenters. The molecule has 110 valence electrons. The van der Waals surface area contributed by atoms with Crippen molar-refractivity contribution in [3.63, 3.8) is 0 Å². The highest BCUT2D eigenvalue weighted by Gasteiger charge is 2.20. The third-order valence-electron chi connectivity index (χ3n) is 3.66. The normalized spacial score (nSPS) is 17.2. The number of nitrogens with one attached hydrogen (secondary N) is 1. The Morgan fingerprint density at radius 1 is 1.33 bits per heavy atom. The largest absolute Gasteiger partial charge is 0.353 e. The lowest BCUT2D eigenvalue weighted by Gasteiger charge is -2.24. The second-order valence-electron chi connectivity index (χ2n) is 5.21. The van der Waals surface area contributed by atoms with Gasteiger partial charge in [-0.15, -0.1) is 11.8 Å². The lowest BCUT2D eigenvalue weighted by Crippen LogP contribution is -2.40. The van der Waals surface area contributed by atoms with Crippen molar-refractivity contribution in [2.24, 2.45) is 0 Å². The number of thioether (sulfide) groups is 1. The summed E-state index contributed by atoms with van der Waals surface area (Å²) >= 11 is 1.73. The second-order valence-corrected chi connectivity index (χ2v) is 6.38. The van der Waals surface area contributed by atoms with Crippen LogP contribution in [0.5, 0.6) is 0 Å². The van der Waals surface area contributed by atoms with E-state index in [0.29, 0.717) is 6.42 Å². The maximum atomic E-state index is 12.0. The Bertz CT molecular complexity index is 597. The molecule has 1 amide bonds. The van der Waals surface area contributed by atoms with Gasteiger partial charge in [-0.25, -0.2) is 0 Å². The van der Waals surface area contributed by atoms with Gasteiger partial charge in [0.1, 0.15) is 0 Å². The van der Waals surface area contributed by atoms with Gasteiger partial charge in [-0.05, 0) is 24.6 Å². The summed E-state index contributed by atoms with van der Waals surface area (Å²) in [6.07, 6.45) is 4.25. The molecular weight excluding hydrogens is 282 g/mol. The van der Waals surface area contributed by atoms with E-state index in [1.165, 1.54) is 10.6 Å². The Labute approximate surface area is 128 Å². The molecule has 0 spiro atoms. The van der Waals surface area contributed by atoms with Crippen LogP contribution in [0, 0.1) is 0 Å². The van der Waals surface area contributed by atoms with Crippen LogP contribution in [0.2, 0.25) is 0 Å². The Morgan fingerprint density at radius 2 is 2.19 bits per heavy atom. The molecule has 3 rings (SSSR count). The topological polar surface area (TPSA) is 46.9 Å². The van der Waals surface area contributed by atoms with Crippen molar-refractivity contribution >= 4 is 17.7 Å². The first-order valence-electron chi connectivity index (χ1n) is 7.29. The first-order chi connectivity index (χ1) is 10.3. The van der Waals surface area contributed by atoms with Crippen LogP contribution in [0.1, 0.15) is 18.5 Å². The zero-order valence-corrected chi connectivity index (χ0v) is 12.7. The summed E-state index contributed by atoms with van der Waals surface area (Å²) in [5.41, 5.74) is 1.21. The number of hydrogen-bond acceptors (Lipinski definition) is 3. The number of aryl methyl sites for hydroxylation is 1. The molecule has 0 saturated carbocycles. The predicted octanol–water partition coefficient (Wildman–Crippen LogP) is 2.50. The molecular formula is C16H19N3OS. The van der Waals surface area contributed by atoms with Crippen molar-refractivity contribution in [1.29, 1.82) is 0 Å². The summed E-state index contributed by atoms with van der Waals surface area (Å²) in [6.45, 7) is 0.895. The van der Waals surface area contributed by atoms with Gasteiger partial charge < -0.3 is 5.32 Å². The van der Waals surface area contributed by atoms with E-state index < -0.39 is 0 Å². The zero-order valence-electron chi connectivity index (χ0n) is 11.9. The van der Waals surface area contributed by atoms with Crippen molar-refractivity contribution in [2.75, 3.05) is 5.75 Å². The summed E-state index contributed by atoms with van der Waals surface area (Å²) in [5, 5.41) is 7.40. The van der Waals surface area contributed by atoms with E-state index in [0.717, 1.165) is 25.1 Å². The number of rotatable bonds is 5. The van der Waals surface area contributed by atoms with Gasteiger partial charge in [0.15, 0.2) is 0 Å². The monoisotopic (exact) mass is 301 g/mol. The summed E-state index contributed by atoms with van der Waals surface area (Å²) in [7, 11) is 0. The molecule has 2 heterocycles. The van der Waals surface area contributed by atoms with Gasteiger partial charge in [-0.3, -0.25) is 9.48 Å². The summed E-state index contributed by atoms with van der Waals surface area (Å²) in [5.74, 6) is 0.969. The molecule has 1 aromatic carbocycles. The van der Waals surface area contributed by atoms with Crippen LogP contribution in [0.25, 0.3) is 0 Å². The van der Waals surface area contributed by atoms with Crippen molar-refractivity contribution in [3.8, 4) is 0 Å². The summed E-state index contributed by atoms with van der Waals surface area (Å²) in [4.78, 5) is 13.2. The van der Waals surface area contributed by atoms with Crippen LogP contribution >= 0.6 is 11.8 Å². The van der Waals surface area contributed by atoms with Gasteiger partial charge in [0, 0.05) is 48.0 Å². The van der Waals surface area contributed by atoms with E-state index in [9.17, 15) is 4.79 Å². The fraction of sp³-hybridized carbons (Fsp3) is 0.375. The maximum absolute atomic E-state index is 12.0. The average molecular weight is 301 g/mol. The first kappa shape index (κ1) is 14.2. The molecule has 1 aliphatic heterocycles. The number of nitrogens with zero attached hydrogens (tertiary/aromatic N) is 2. The van der Waals surface area contributed by atoms with E-state index >= 15 is 0 Å². The van der Waals surface area contributed by atoms with E-state index in [2.05, 4.69) is 22.5 Å². The predicted molar refractivity (Wildman–Crippen MR) is 84.3 cm³/mol. The third kappa shape index (κ3) is 3.88. The van der Waals surface area contributed by atoms with Gasteiger partial charge in [-0.2, -0.15) is 5.10 Å². The van der Waals surface area contributed by atoms with Gasteiger partial charge in [-0.1, -0.05) is 18.2 Å². The fourth-order valence-corrected chi connectivity index (χ4v) is 3.44. The number of amides is 1. The van der Waals surface area contributed by atoms with Gasteiger partial charge in [0.2, 0.25) is 5.91 Å². The molecule has 0 fully saturated rings.